The summed E-state index contributed by atoms with van der Waals surface area (Å²) in [6, 6.07) is 3.59. The molecule has 0 aliphatic carbocycles. The monoisotopic (exact) mass is 249 g/mol. The van der Waals surface area contributed by atoms with Crippen LogP contribution in [0.5, 0.6) is 0 Å². The summed E-state index contributed by atoms with van der Waals surface area (Å²) >= 11 is 0. The number of pyridine rings is 1. The Balaban J connectivity index is 2.00. The van der Waals surface area contributed by atoms with Crippen LogP contribution in [0.1, 0.15) is 23.3 Å². The van der Waals surface area contributed by atoms with Crippen LogP contribution >= 0.6 is 0 Å². The number of aromatic nitrogens is 1. The van der Waals surface area contributed by atoms with Crippen LogP contribution < -0.4 is 5.32 Å². The lowest BCUT2D eigenvalue weighted by Crippen LogP contribution is -2.34. The van der Waals surface area contributed by atoms with Crippen molar-refractivity contribution in [3.63, 3.8) is 0 Å². The number of carbonyl (C=O) groups is 1. The number of carbonyl (C=O) groups excluding carboxylic acids is 1. The van der Waals surface area contributed by atoms with Crippen molar-refractivity contribution in [2.75, 3.05) is 32.6 Å². The SMILES string of the molecule is CNc1ccnc(C(=O)N(C)CC2CCCO2)c1. The lowest BCUT2D eigenvalue weighted by Gasteiger charge is -2.20. The minimum atomic E-state index is -0.0670. The molecule has 0 radical (unpaired) electrons. The van der Waals surface area contributed by atoms with Gasteiger partial charge in [0.05, 0.1) is 6.10 Å². The highest BCUT2D eigenvalue weighted by Crippen LogP contribution is 2.14. The highest BCUT2D eigenvalue weighted by atomic mass is 16.5. The number of hydrogen-bond acceptors (Lipinski definition) is 4. The van der Waals surface area contributed by atoms with Gasteiger partial charge in [-0.15, -0.1) is 0 Å². The molecule has 98 valence electrons. The molecule has 2 heterocycles. The molecule has 5 nitrogen and oxygen atoms in total. The second-order valence-corrected chi connectivity index (χ2v) is 4.50. The van der Waals surface area contributed by atoms with E-state index in [-0.39, 0.29) is 12.0 Å². The fraction of sp³-hybridized carbons (Fsp3) is 0.538. The third-order valence-corrected chi connectivity index (χ3v) is 3.12. The first-order valence-electron chi connectivity index (χ1n) is 6.21. The van der Waals surface area contributed by atoms with E-state index in [1.165, 1.54) is 0 Å². The number of ether oxygens (including phenoxy) is 1. The largest absolute Gasteiger partial charge is 0.388 e. The third-order valence-electron chi connectivity index (χ3n) is 3.12. The van der Waals surface area contributed by atoms with E-state index in [1.807, 2.05) is 13.1 Å². The zero-order valence-electron chi connectivity index (χ0n) is 10.8. The Bertz CT molecular complexity index is 416. The van der Waals surface area contributed by atoms with Crippen LogP contribution in [0.25, 0.3) is 0 Å². The smallest absolute Gasteiger partial charge is 0.272 e. The fourth-order valence-electron chi connectivity index (χ4n) is 2.08. The zero-order valence-corrected chi connectivity index (χ0v) is 10.8. The summed E-state index contributed by atoms with van der Waals surface area (Å²) in [7, 11) is 3.61. The Morgan fingerprint density at radius 2 is 2.50 bits per heavy atom. The first-order chi connectivity index (χ1) is 8.70. The lowest BCUT2D eigenvalue weighted by molar-refractivity contribution is 0.0583. The van der Waals surface area contributed by atoms with Gasteiger partial charge in [-0.25, -0.2) is 0 Å². The van der Waals surface area contributed by atoms with Crippen LogP contribution in [0.4, 0.5) is 5.69 Å². The molecular formula is C13H19N3O2. The highest BCUT2D eigenvalue weighted by molar-refractivity contribution is 5.92. The molecule has 1 unspecified atom stereocenters. The summed E-state index contributed by atoms with van der Waals surface area (Å²) in [5, 5.41) is 3.00. The number of nitrogens with zero attached hydrogens (tertiary/aromatic N) is 2. The van der Waals surface area contributed by atoms with E-state index in [0.29, 0.717) is 12.2 Å². The molecule has 1 atom stereocenters. The molecule has 0 saturated carbocycles. The average Bonchev–Trinajstić information content (AvgIpc) is 2.90. The minimum absolute atomic E-state index is 0.0670. The zero-order chi connectivity index (χ0) is 13.0. The molecule has 2 rings (SSSR count). The second kappa shape index (κ2) is 5.82. The lowest BCUT2D eigenvalue weighted by atomic mass is 10.2. The van der Waals surface area contributed by atoms with Gasteiger partial charge in [0, 0.05) is 39.1 Å². The Morgan fingerprint density at radius 3 is 3.17 bits per heavy atom. The Labute approximate surface area is 107 Å². The molecule has 18 heavy (non-hydrogen) atoms. The molecule has 0 bridgehead atoms. The van der Waals surface area contributed by atoms with E-state index in [9.17, 15) is 4.79 Å². The molecule has 1 aromatic rings. The third kappa shape index (κ3) is 2.98. The van der Waals surface area contributed by atoms with Gasteiger partial charge in [0.2, 0.25) is 0 Å². The number of rotatable bonds is 4. The van der Waals surface area contributed by atoms with Crippen molar-refractivity contribution in [3.05, 3.63) is 24.0 Å². The molecule has 5 heteroatoms. The van der Waals surface area contributed by atoms with Crippen molar-refractivity contribution in [2.45, 2.75) is 18.9 Å². The van der Waals surface area contributed by atoms with E-state index in [2.05, 4.69) is 10.3 Å². The van der Waals surface area contributed by atoms with Crippen LogP contribution in [0.15, 0.2) is 18.3 Å². The molecule has 1 aliphatic rings. The predicted molar refractivity (Wildman–Crippen MR) is 69.7 cm³/mol. The van der Waals surface area contributed by atoms with Crippen LogP contribution in [-0.4, -0.2) is 49.1 Å². The van der Waals surface area contributed by atoms with E-state index in [0.717, 1.165) is 25.1 Å². The summed E-state index contributed by atoms with van der Waals surface area (Å²) < 4.78 is 5.53. The number of anilines is 1. The van der Waals surface area contributed by atoms with Crippen LogP contribution in [0.3, 0.4) is 0 Å². The predicted octanol–water partition coefficient (Wildman–Crippen LogP) is 1.37. The van der Waals surface area contributed by atoms with Crippen LogP contribution in [-0.2, 0) is 4.74 Å². The molecule has 1 aromatic heterocycles. The van der Waals surface area contributed by atoms with E-state index >= 15 is 0 Å². The topological polar surface area (TPSA) is 54.5 Å². The van der Waals surface area contributed by atoms with Gasteiger partial charge in [0.15, 0.2) is 0 Å². The van der Waals surface area contributed by atoms with Crippen molar-refractivity contribution in [2.24, 2.45) is 0 Å². The maximum absolute atomic E-state index is 12.2. The van der Waals surface area contributed by atoms with Crippen molar-refractivity contribution in [1.82, 2.24) is 9.88 Å². The highest BCUT2D eigenvalue weighted by Gasteiger charge is 2.21. The second-order valence-electron chi connectivity index (χ2n) is 4.50. The quantitative estimate of drug-likeness (QED) is 0.875. The molecule has 1 fully saturated rings. The summed E-state index contributed by atoms with van der Waals surface area (Å²) in [6.45, 7) is 1.44. The van der Waals surface area contributed by atoms with Crippen LogP contribution in [0.2, 0.25) is 0 Å². The molecule has 1 saturated heterocycles. The van der Waals surface area contributed by atoms with Gasteiger partial charge in [-0.3, -0.25) is 9.78 Å². The Hall–Kier alpha value is -1.62. The van der Waals surface area contributed by atoms with E-state index in [1.54, 1.807) is 24.2 Å². The molecular weight excluding hydrogens is 230 g/mol. The first-order valence-corrected chi connectivity index (χ1v) is 6.21. The maximum Gasteiger partial charge on any atom is 0.272 e. The summed E-state index contributed by atoms with van der Waals surface area (Å²) in [6.07, 6.45) is 3.92. The Kier molecular flexibility index (Phi) is 4.15. The molecule has 1 amide bonds. The van der Waals surface area contributed by atoms with Gasteiger partial charge in [0.25, 0.3) is 5.91 Å². The first kappa shape index (κ1) is 12.8. The average molecular weight is 249 g/mol. The number of amides is 1. The number of likely N-dealkylation sites (N-methyl/N-ethyl adjacent to an activating group) is 1. The van der Waals surface area contributed by atoms with Crippen molar-refractivity contribution in [1.29, 1.82) is 0 Å². The van der Waals surface area contributed by atoms with Crippen LogP contribution in [0, 0.1) is 0 Å². The van der Waals surface area contributed by atoms with Gasteiger partial charge in [-0.2, -0.15) is 0 Å². The van der Waals surface area contributed by atoms with Gasteiger partial charge < -0.3 is 15.0 Å². The molecule has 0 spiro atoms. The van der Waals surface area contributed by atoms with Crippen molar-refractivity contribution >= 4 is 11.6 Å². The van der Waals surface area contributed by atoms with Crippen molar-refractivity contribution < 1.29 is 9.53 Å². The minimum Gasteiger partial charge on any atom is -0.388 e. The summed E-state index contributed by atoms with van der Waals surface area (Å²) in [5.74, 6) is -0.0670. The van der Waals surface area contributed by atoms with Gasteiger partial charge in [-0.1, -0.05) is 0 Å². The van der Waals surface area contributed by atoms with E-state index < -0.39 is 0 Å². The number of hydrogen-bond donors (Lipinski definition) is 1. The fourth-order valence-corrected chi connectivity index (χ4v) is 2.08. The van der Waals surface area contributed by atoms with Gasteiger partial charge in [-0.05, 0) is 25.0 Å². The molecule has 1 N–H and O–H groups in total. The Morgan fingerprint density at radius 1 is 1.67 bits per heavy atom. The van der Waals surface area contributed by atoms with Crippen molar-refractivity contribution in [3.8, 4) is 0 Å². The number of nitrogens with one attached hydrogen (secondary N) is 1. The van der Waals surface area contributed by atoms with Gasteiger partial charge >= 0.3 is 0 Å². The van der Waals surface area contributed by atoms with Gasteiger partial charge in [0.1, 0.15) is 5.69 Å². The molecule has 1 aliphatic heterocycles. The van der Waals surface area contributed by atoms with E-state index in [4.69, 9.17) is 4.74 Å². The maximum atomic E-state index is 12.2. The standard InChI is InChI=1S/C13H19N3O2/c1-14-10-5-6-15-12(8-10)13(17)16(2)9-11-4-3-7-18-11/h5-6,8,11H,3-4,7,9H2,1-2H3,(H,14,15). The normalized spacial score (nSPS) is 18.7. The molecule has 0 aromatic carbocycles. The summed E-state index contributed by atoms with van der Waals surface area (Å²) in [5.41, 5.74) is 1.35. The summed E-state index contributed by atoms with van der Waals surface area (Å²) in [4.78, 5) is 18.0.